The van der Waals surface area contributed by atoms with Crippen LogP contribution in [0.25, 0.3) is 10.8 Å². The molecule has 1 amide bonds. The highest BCUT2D eigenvalue weighted by Crippen LogP contribution is 2.44. The van der Waals surface area contributed by atoms with Gasteiger partial charge in [-0.15, -0.1) is 0 Å². The van der Waals surface area contributed by atoms with E-state index in [1.807, 2.05) is 0 Å². The number of ether oxygens (including phenoxy) is 1. The molecule has 33 heavy (non-hydrogen) atoms. The van der Waals surface area contributed by atoms with Crippen molar-refractivity contribution in [2.75, 3.05) is 13.2 Å². The monoisotopic (exact) mass is 464 g/mol. The molecule has 3 rings (SSSR count). The lowest BCUT2D eigenvalue weighted by atomic mass is 9.93. The Balaban J connectivity index is 1.83. The van der Waals surface area contributed by atoms with Crippen LogP contribution < -0.4 is 10.2 Å². The third-order valence-electron chi connectivity index (χ3n) is 6.25. The van der Waals surface area contributed by atoms with Gasteiger partial charge >= 0.3 is 6.18 Å². The summed E-state index contributed by atoms with van der Waals surface area (Å²) in [4.78, 5) is 12.2. The van der Waals surface area contributed by atoms with Crippen molar-refractivity contribution >= 4 is 16.7 Å². The minimum atomic E-state index is -4.58. The summed E-state index contributed by atoms with van der Waals surface area (Å²) in [5, 5.41) is 2.15. The topological polar surface area (TPSA) is 41.6 Å². The van der Waals surface area contributed by atoms with E-state index in [-0.39, 0.29) is 12.1 Å². The fraction of sp³-hybridized carbons (Fsp3) is 0.577. The van der Waals surface area contributed by atoms with Crippen LogP contribution in [0.2, 0.25) is 0 Å². The highest BCUT2D eigenvalue weighted by molar-refractivity contribution is 5.92. The van der Waals surface area contributed by atoms with Crippen molar-refractivity contribution in [3.05, 3.63) is 42.0 Å². The molecule has 1 aliphatic heterocycles. The van der Waals surface area contributed by atoms with Gasteiger partial charge in [0.1, 0.15) is 5.75 Å². The van der Waals surface area contributed by atoms with Gasteiger partial charge in [-0.25, -0.2) is 5.01 Å². The Bertz CT molecular complexity index is 938. The third-order valence-corrected chi connectivity index (χ3v) is 6.25. The van der Waals surface area contributed by atoms with E-state index >= 15 is 0 Å². The Morgan fingerprint density at radius 3 is 2.27 bits per heavy atom. The van der Waals surface area contributed by atoms with Gasteiger partial charge in [0.2, 0.25) is 5.91 Å². The molecule has 2 aromatic rings. The Hall–Kier alpha value is -2.28. The lowest BCUT2D eigenvalue weighted by Gasteiger charge is -2.31. The van der Waals surface area contributed by atoms with Crippen LogP contribution in [0, 0.1) is 5.41 Å². The zero-order valence-corrected chi connectivity index (χ0v) is 19.8. The molecule has 1 atom stereocenters. The highest BCUT2D eigenvalue weighted by atomic mass is 19.4. The molecule has 0 radical (unpaired) electrons. The second-order valence-corrected chi connectivity index (χ2v) is 9.57. The number of hydrogen-bond acceptors (Lipinski definition) is 3. The largest absolute Gasteiger partial charge is 0.493 e. The van der Waals surface area contributed by atoms with Gasteiger partial charge in [0.25, 0.3) is 0 Å². The number of amides is 1. The normalized spacial score (nSPS) is 17.3. The van der Waals surface area contributed by atoms with Crippen molar-refractivity contribution in [1.29, 1.82) is 0 Å². The van der Waals surface area contributed by atoms with Gasteiger partial charge < -0.3 is 4.74 Å². The maximum atomic E-state index is 14.3. The van der Waals surface area contributed by atoms with Crippen LogP contribution in [0.1, 0.15) is 77.3 Å². The predicted octanol–water partition coefficient (Wildman–Crippen LogP) is 6.95. The van der Waals surface area contributed by atoms with Crippen molar-refractivity contribution in [2.24, 2.45) is 5.41 Å². The molecule has 182 valence electrons. The summed E-state index contributed by atoms with van der Waals surface area (Å²) in [5.41, 5.74) is 1.64. The standard InChI is InChI=1S/C26H35F3N2O2/c1-4-5-6-7-8-9-10-17-33-21-16-12-14-19-13-11-15-20(22(19)21)23(26(27,28)29)31-18-25(2,3)24(32)30-31/h11-16,23H,4-10,17-18H2,1-3H3,(H,30,32)/t23-/m0/s1. The van der Waals surface area contributed by atoms with Gasteiger partial charge in [0.05, 0.1) is 12.0 Å². The van der Waals surface area contributed by atoms with Crippen molar-refractivity contribution in [3.63, 3.8) is 0 Å². The van der Waals surface area contributed by atoms with Crippen LogP contribution in [-0.4, -0.2) is 30.2 Å². The van der Waals surface area contributed by atoms with Crippen LogP contribution >= 0.6 is 0 Å². The molecule has 1 aliphatic rings. The van der Waals surface area contributed by atoms with Crippen LogP contribution in [-0.2, 0) is 4.79 Å². The minimum absolute atomic E-state index is 0.0343. The van der Waals surface area contributed by atoms with Crippen LogP contribution in [0.4, 0.5) is 13.2 Å². The molecule has 1 N–H and O–H groups in total. The molecular weight excluding hydrogens is 429 g/mol. The molecule has 0 aromatic heterocycles. The summed E-state index contributed by atoms with van der Waals surface area (Å²) in [6, 6.07) is 8.26. The number of carbonyl (C=O) groups excluding carboxylic acids is 1. The van der Waals surface area contributed by atoms with Gasteiger partial charge in [0, 0.05) is 11.9 Å². The van der Waals surface area contributed by atoms with E-state index in [1.54, 1.807) is 44.2 Å². The number of rotatable bonds is 11. The molecule has 1 saturated heterocycles. The molecular formula is C26H35F3N2O2. The number of nitrogens with one attached hydrogen (secondary N) is 1. The minimum Gasteiger partial charge on any atom is -0.493 e. The second kappa shape index (κ2) is 10.8. The highest BCUT2D eigenvalue weighted by Gasteiger charge is 2.51. The van der Waals surface area contributed by atoms with E-state index in [9.17, 15) is 18.0 Å². The second-order valence-electron chi connectivity index (χ2n) is 9.57. The Labute approximate surface area is 194 Å². The van der Waals surface area contributed by atoms with E-state index in [4.69, 9.17) is 4.74 Å². The Morgan fingerprint density at radius 1 is 1.03 bits per heavy atom. The first kappa shape index (κ1) is 25.3. The predicted molar refractivity (Wildman–Crippen MR) is 125 cm³/mol. The Morgan fingerprint density at radius 2 is 1.67 bits per heavy atom. The van der Waals surface area contributed by atoms with Gasteiger partial charge in [-0.05, 0) is 37.3 Å². The average Bonchev–Trinajstić information content (AvgIpc) is 3.01. The van der Waals surface area contributed by atoms with Crippen molar-refractivity contribution < 1.29 is 22.7 Å². The number of hydrogen-bond donors (Lipinski definition) is 1. The lowest BCUT2D eigenvalue weighted by molar-refractivity contribution is -0.191. The number of benzene rings is 2. The van der Waals surface area contributed by atoms with Crippen LogP contribution in [0.5, 0.6) is 5.75 Å². The third kappa shape index (κ3) is 6.19. The summed E-state index contributed by atoms with van der Waals surface area (Å²) in [6.45, 7) is 5.91. The number of carbonyl (C=O) groups is 1. The number of hydrazine groups is 1. The summed E-state index contributed by atoms with van der Waals surface area (Å²) in [5.74, 6) is 0.0421. The van der Waals surface area contributed by atoms with E-state index in [0.29, 0.717) is 23.1 Å². The molecule has 1 heterocycles. The molecule has 0 saturated carbocycles. The zero-order valence-electron chi connectivity index (χ0n) is 19.8. The fourth-order valence-corrected chi connectivity index (χ4v) is 4.42. The maximum Gasteiger partial charge on any atom is 0.409 e. The molecule has 1 fully saturated rings. The van der Waals surface area contributed by atoms with E-state index in [2.05, 4.69) is 12.3 Å². The maximum absolute atomic E-state index is 14.3. The summed E-state index contributed by atoms with van der Waals surface area (Å²) in [6.07, 6.45) is 3.39. The van der Waals surface area contributed by atoms with Crippen molar-refractivity contribution in [3.8, 4) is 5.75 Å². The molecule has 4 nitrogen and oxygen atoms in total. The molecule has 2 aromatic carbocycles. The molecule has 0 unspecified atom stereocenters. The van der Waals surface area contributed by atoms with E-state index in [1.165, 1.54) is 31.7 Å². The number of unbranched alkanes of at least 4 members (excludes halogenated alkanes) is 6. The van der Waals surface area contributed by atoms with Crippen molar-refractivity contribution in [1.82, 2.24) is 10.4 Å². The molecule has 7 heteroatoms. The lowest BCUT2D eigenvalue weighted by Crippen LogP contribution is -2.43. The van der Waals surface area contributed by atoms with Crippen LogP contribution in [0.15, 0.2) is 36.4 Å². The smallest absolute Gasteiger partial charge is 0.409 e. The first-order valence-electron chi connectivity index (χ1n) is 11.9. The van der Waals surface area contributed by atoms with Crippen molar-refractivity contribution in [2.45, 2.75) is 77.9 Å². The zero-order chi connectivity index (χ0) is 24.1. The first-order valence-corrected chi connectivity index (χ1v) is 11.9. The SMILES string of the molecule is CCCCCCCCCOc1cccc2cccc([C@H](N3CC(C)(C)C(=O)N3)C(F)(F)F)c12. The molecule has 0 spiro atoms. The van der Waals surface area contributed by atoms with E-state index in [0.717, 1.165) is 24.3 Å². The first-order chi connectivity index (χ1) is 15.6. The summed E-state index contributed by atoms with van der Waals surface area (Å²) in [7, 11) is 0. The number of fused-ring (bicyclic) bond motifs is 1. The fourth-order valence-electron chi connectivity index (χ4n) is 4.42. The quantitative estimate of drug-likeness (QED) is 0.366. The number of halogens is 3. The number of nitrogens with zero attached hydrogens (tertiary/aromatic N) is 1. The van der Waals surface area contributed by atoms with Crippen LogP contribution in [0.3, 0.4) is 0 Å². The van der Waals surface area contributed by atoms with E-state index < -0.39 is 23.5 Å². The number of alkyl halides is 3. The van der Waals surface area contributed by atoms with Gasteiger partial charge in [-0.3, -0.25) is 10.2 Å². The molecule has 0 bridgehead atoms. The Kier molecular flexibility index (Phi) is 8.27. The van der Waals surface area contributed by atoms with Gasteiger partial charge in [-0.1, -0.05) is 75.8 Å². The molecule has 0 aliphatic carbocycles. The summed E-state index contributed by atoms with van der Waals surface area (Å²) >= 11 is 0. The van der Waals surface area contributed by atoms with Gasteiger partial charge in [-0.2, -0.15) is 13.2 Å². The average molecular weight is 465 g/mol. The summed E-state index contributed by atoms with van der Waals surface area (Å²) < 4.78 is 49.0. The van der Waals surface area contributed by atoms with Gasteiger partial charge in [0.15, 0.2) is 6.04 Å².